The summed E-state index contributed by atoms with van der Waals surface area (Å²) in [5.41, 5.74) is 0. The first-order valence-electron chi connectivity index (χ1n) is 13.0. The third kappa shape index (κ3) is 15.0. The van der Waals surface area contributed by atoms with E-state index in [0.717, 1.165) is 0 Å². The zero-order valence-corrected chi connectivity index (χ0v) is 39.6. The summed E-state index contributed by atoms with van der Waals surface area (Å²) in [6.45, 7) is 3.31. The van der Waals surface area contributed by atoms with Crippen LogP contribution >= 0.6 is 255 Å². The van der Waals surface area contributed by atoms with Gasteiger partial charge in [0.15, 0.2) is 0 Å². The Kier molecular flexibility index (Phi) is 28.3. The molecule has 278 valence electrons. The second-order valence-corrected chi connectivity index (χ2v) is 21.7. The monoisotopic (exact) mass is 1090 g/mol. The van der Waals surface area contributed by atoms with Crippen LogP contribution < -0.4 is 0 Å². The molecule has 0 aliphatic heterocycles. The first-order valence-corrected chi connectivity index (χ1v) is 22.6. The molecular formula is C24H28Cl22. The maximum Gasteiger partial charge on any atom is 0.0693 e. The van der Waals surface area contributed by atoms with Crippen LogP contribution in [0.4, 0.5) is 0 Å². The van der Waals surface area contributed by atoms with Crippen LogP contribution in [0.2, 0.25) is 0 Å². The highest BCUT2D eigenvalue weighted by Crippen LogP contribution is 2.41. The third-order valence-corrected chi connectivity index (χ3v) is 21.0. The van der Waals surface area contributed by atoms with Gasteiger partial charge in [-0.05, 0) is 13.8 Å². The molecule has 0 fully saturated rings. The van der Waals surface area contributed by atoms with E-state index in [9.17, 15) is 0 Å². The minimum atomic E-state index is -1.14. The van der Waals surface area contributed by atoms with Crippen LogP contribution in [-0.2, 0) is 0 Å². The molecule has 0 aliphatic carbocycles. The van der Waals surface area contributed by atoms with Crippen LogP contribution in [0.5, 0.6) is 0 Å². The van der Waals surface area contributed by atoms with Crippen molar-refractivity contribution in [1.82, 2.24) is 0 Å². The lowest BCUT2D eigenvalue weighted by molar-refractivity contribution is 0.559. The molecule has 0 nitrogen and oxygen atoms in total. The molecule has 22 unspecified atom stereocenters. The fourth-order valence-electron chi connectivity index (χ4n) is 3.67. The average Bonchev–Trinajstić information content (AvgIpc) is 3.04. The van der Waals surface area contributed by atoms with E-state index in [4.69, 9.17) is 255 Å². The van der Waals surface area contributed by atoms with E-state index in [1.165, 1.54) is 0 Å². The molecule has 0 saturated heterocycles. The van der Waals surface area contributed by atoms with Crippen molar-refractivity contribution in [2.45, 2.75) is 132 Å². The highest BCUT2D eigenvalue weighted by Gasteiger charge is 2.47. The molecular weight excluding hydrogens is 1070 g/mol. The van der Waals surface area contributed by atoms with Crippen LogP contribution in [0.3, 0.4) is 0 Å². The summed E-state index contributed by atoms with van der Waals surface area (Å²) in [7, 11) is 0. The predicted molar refractivity (Wildman–Crippen MR) is 223 cm³/mol. The van der Waals surface area contributed by atoms with Gasteiger partial charge in [-0.25, -0.2) is 0 Å². The fourth-order valence-corrected chi connectivity index (χ4v) is 11.5. The second-order valence-electron chi connectivity index (χ2n) is 10.2. The Balaban J connectivity index is 5.51. The Bertz CT molecular complexity index is 774. The van der Waals surface area contributed by atoms with Gasteiger partial charge in [0.1, 0.15) is 0 Å². The molecule has 0 rings (SSSR count). The van der Waals surface area contributed by atoms with E-state index in [-0.39, 0.29) is 0 Å². The standard InChI is InChI=1S/C24H28Cl22/c1-3(25)5(27)7(29)9(31)11(33)13(35)15(37)17(39)19(41)21(43)23(45)24(46)22(44)20(42)18(40)16(38)14(36)12(34)10(32)8(30)6(28)4(2)26/h3-24H,1-2H3. The highest BCUT2D eigenvalue weighted by atomic mass is 35.5. The van der Waals surface area contributed by atoms with Crippen molar-refractivity contribution in [3.8, 4) is 0 Å². The smallest absolute Gasteiger partial charge is 0.0693 e. The summed E-state index contributed by atoms with van der Waals surface area (Å²) in [5, 5.41) is -21.3. The SMILES string of the molecule is CC(Cl)C(Cl)C(Cl)C(Cl)C(Cl)C(Cl)C(Cl)C(Cl)C(Cl)C(Cl)C(Cl)C(Cl)C(Cl)C(Cl)C(Cl)C(Cl)C(Cl)C(Cl)C(Cl)C(Cl)C(Cl)C(C)Cl. The maximum atomic E-state index is 6.60. The predicted octanol–water partition coefficient (Wildman–Crippen LogP) is 14.4. The second kappa shape index (κ2) is 24.9. The molecule has 0 saturated carbocycles. The Hall–Kier alpha value is 6.38. The number of halogens is 22. The number of rotatable bonds is 21. The lowest BCUT2D eigenvalue weighted by Gasteiger charge is -2.36. The molecule has 0 amide bonds. The van der Waals surface area contributed by atoms with Gasteiger partial charge in [-0.2, -0.15) is 0 Å². The van der Waals surface area contributed by atoms with Crippen molar-refractivity contribution in [1.29, 1.82) is 0 Å². The summed E-state index contributed by atoms with van der Waals surface area (Å²) in [6, 6.07) is 0. The molecule has 0 bridgehead atoms. The number of alkyl halides is 22. The zero-order valence-electron chi connectivity index (χ0n) is 23.0. The summed E-state index contributed by atoms with van der Waals surface area (Å²) in [6.07, 6.45) is 0. The van der Waals surface area contributed by atoms with Gasteiger partial charge in [0.25, 0.3) is 0 Å². The van der Waals surface area contributed by atoms with Crippen molar-refractivity contribution in [3.63, 3.8) is 0 Å². The Labute approximate surface area is 382 Å². The Morgan fingerprint density at radius 3 is 0.283 bits per heavy atom. The fraction of sp³-hybridized carbons (Fsp3) is 1.00. The van der Waals surface area contributed by atoms with Crippen LogP contribution in [0.1, 0.15) is 13.8 Å². The molecule has 0 spiro atoms. The van der Waals surface area contributed by atoms with Crippen LogP contribution in [0.25, 0.3) is 0 Å². The lowest BCUT2D eigenvalue weighted by atomic mass is 9.99. The molecule has 0 aromatic carbocycles. The van der Waals surface area contributed by atoms with E-state index >= 15 is 0 Å². The van der Waals surface area contributed by atoms with E-state index < -0.39 is 118 Å². The third-order valence-electron chi connectivity index (χ3n) is 6.66. The first kappa shape index (κ1) is 52.4. The van der Waals surface area contributed by atoms with Crippen molar-refractivity contribution in [2.24, 2.45) is 0 Å². The van der Waals surface area contributed by atoms with E-state index in [2.05, 4.69) is 0 Å². The number of hydrogen-bond acceptors (Lipinski definition) is 0. The quantitative estimate of drug-likeness (QED) is 0.101. The molecule has 0 aliphatic rings. The largest absolute Gasteiger partial charge is 0.122 e. The molecule has 0 radical (unpaired) electrons. The summed E-state index contributed by atoms with van der Waals surface area (Å²) in [5.74, 6) is 0. The van der Waals surface area contributed by atoms with Gasteiger partial charge in [-0.3, -0.25) is 0 Å². The van der Waals surface area contributed by atoms with E-state index in [1.807, 2.05) is 0 Å². The van der Waals surface area contributed by atoms with Gasteiger partial charge in [0.2, 0.25) is 0 Å². The van der Waals surface area contributed by atoms with Gasteiger partial charge in [0.05, 0.1) is 108 Å². The summed E-state index contributed by atoms with van der Waals surface area (Å²) < 4.78 is 0. The molecule has 0 aromatic heterocycles. The van der Waals surface area contributed by atoms with Crippen molar-refractivity contribution in [3.05, 3.63) is 0 Å². The van der Waals surface area contributed by atoms with Gasteiger partial charge in [-0.1, -0.05) is 0 Å². The first-order chi connectivity index (χ1) is 20.9. The van der Waals surface area contributed by atoms with E-state index in [0.29, 0.717) is 0 Å². The van der Waals surface area contributed by atoms with Gasteiger partial charge < -0.3 is 0 Å². The summed E-state index contributed by atoms with van der Waals surface area (Å²) >= 11 is 142. The van der Waals surface area contributed by atoms with Gasteiger partial charge >= 0.3 is 0 Å². The van der Waals surface area contributed by atoms with Crippen molar-refractivity contribution >= 4 is 255 Å². The van der Waals surface area contributed by atoms with Crippen LogP contribution in [0, 0.1) is 0 Å². The minimum Gasteiger partial charge on any atom is -0.122 e. The van der Waals surface area contributed by atoms with Crippen molar-refractivity contribution in [2.75, 3.05) is 0 Å². The number of hydrogen-bond donors (Lipinski definition) is 0. The molecule has 22 heteroatoms. The minimum absolute atomic E-state index is 0.508. The Morgan fingerprint density at radius 1 is 0.152 bits per heavy atom. The molecule has 46 heavy (non-hydrogen) atoms. The van der Waals surface area contributed by atoms with Gasteiger partial charge in [0, 0.05) is 10.8 Å². The highest BCUT2D eigenvalue weighted by molar-refractivity contribution is 6.47. The molecule has 0 heterocycles. The molecule has 0 N–H and O–H groups in total. The van der Waals surface area contributed by atoms with Crippen LogP contribution in [-0.4, -0.2) is 118 Å². The van der Waals surface area contributed by atoms with Crippen molar-refractivity contribution < 1.29 is 0 Å². The zero-order chi connectivity index (χ0) is 36.7. The maximum absolute atomic E-state index is 6.60. The topological polar surface area (TPSA) is 0 Å². The lowest BCUT2D eigenvalue weighted by Crippen LogP contribution is -2.50. The average molecular weight is 1100 g/mol. The summed E-state index contributed by atoms with van der Waals surface area (Å²) in [4.78, 5) is 0. The Morgan fingerprint density at radius 2 is 0.217 bits per heavy atom. The molecule has 22 atom stereocenters. The van der Waals surface area contributed by atoms with Crippen LogP contribution in [0.15, 0.2) is 0 Å². The van der Waals surface area contributed by atoms with E-state index in [1.54, 1.807) is 13.8 Å². The molecule has 0 aromatic rings. The van der Waals surface area contributed by atoms with Gasteiger partial charge in [-0.15, -0.1) is 255 Å². The normalized spacial score (nSPS) is 27.4.